The molecule has 0 saturated carbocycles. The number of sulfone groups is 1. The molecule has 0 atom stereocenters. The predicted molar refractivity (Wildman–Crippen MR) is 154 cm³/mol. The van der Waals surface area contributed by atoms with Gasteiger partial charge in [-0.1, -0.05) is 24.3 Å². The van der Waals surface area contributed by atoms with E-state index in [1.54, 1.807) is 25.3 Å². The highest BCUT2D eigenvalue weighted by Gasteiger charge is 2.47. The number of aromatic nitrogens is 1. The maximum atomic E-state index is 13.1. The predicted octanol–water partition coefficient (Wildman–Crippen LogP) is 4.09. The second-order valence-electron chi connectivity index (χ2n) is 10.4. The monoisotopic (exact) mass is 632 g/mol. The van der Waals surface area contributed by atoms with Crippen LogP contribution in [0.15, 0.2) is 82.3 Å². The molecule has 0 bridgehead atoms. The molecule has 1 spiro atoms. The van der Waals surface area contributed by atoms with Gasteiger partial charge in [-0.25, -0.2) is 16.8 Å². The van der Waals surface area contributed by atoms with Crippen molar-refractivity contribution in [2.24, 2.45) is 4.99 Å². The SMILES string of the molecule is Cc1cc(S(=O)(=O)Cc2cccnc2)ccc1/C=C/S(=O)(=O)N1CCC2(CC1)N=C(c1cccc(C(F)(F)F)c1)NC2=O. The Balaban J connectivity index is 1.26. The lowest BCUT2D eigenvalue weighted by Gasteiger charge is -2.34. The number of benzene rings is 2. The van der Waals surface area contributed by atoms with Crippen LogP contribution in [0.5, 0.6) is 0 Å². The van der Waals surface area contributed by atoms with Gasteiger partial charge in [0.1, 0.15) is 11.4 Å². The summed E-state index contributed by atoms with van der Waals surface area (Å²) < 4.78 is 92.5. The normalized spacial score (nSPS) is 17.8. The molecule has 1 fully saturated rings. The van der Waals surface area contributed by atoms with Gasteiger partial charge in [-0.2, -0.15) is 17.5 Å². The van der Waals surface area contributed by atoms with Crippen molar-refractivity contribution in [3.8, 4) is 0 Å². The number of carbonyl (C=O) groups excluding carboxylic acids is 1. The Bertz CT molecular complexity index is 1830. The summed E-state index contributed by atoms with van der Waals surface area (Å²) in [7, 11) is -7.55. The van der Waals surface area contributed by atoms with Crippen molar-refractivity contribution >= 4 is 37.7 Å². The minimum absolute atomic E-state index is 0.0219. The van der Waals surface area contributed by atoms with Crippen molar-refractivity contribution < 1.29 is 34.8 Å². The number of amides is 1. The molecule has 0 aliphatic carbocycles. The topological polar surface area (TPSA) is 126 Å². The van der Waals surface area contributed by atoms with Crippen LogP contribution in [-0.2, 0) is 36.6 Å². The van der Waals surface area contributed by atoms with Crippen molar-refractivity contribution in [2.75, 3.05) is 13.1 Å². The van der Waals surface area contributed by atoms with Gasteiger partial charge in [-0.15, -0.1) is 0 Å². The Kier molecular flexibility index (Phi) is 8.05. The first-order chi connectivity index (χ1) is 20.2. The van der Waals surface area contributed by atoms with Crippen LogP contribution in [0, 0.1) is 6.92 Å². The first kappa shape index (κ1) is 30.6. The van der Waals surface area contributed by atoms with Crippen molar-refractivity contribution in [1.29, 1.82) is 0 Å². The van der Waals surface area contributed by atoms with Gasteiger partial charge < -0.3 is 5.32 Å². The molecule has 1 aromatic heterocycles. The molecule has 3 heterocycles. The highest BCUT2D eigenvalue weighted by atomic mass is 32.2. The van der Waals surface area contributed by atoms with Gasteiger partial charge in [0, 0.05) is 36.5 Å². The Morgan fingerprint density at radius 3 is 2.42 bits per heavy atom. The average molecular weight is 633 g/mol. The lowest BCUT2D eigenvalue weighted by molar-refractivity contribution is -0.137. The molecule has 5 rings (SSSR count). The molecular formula is C29H27F3N4O5S2. The summed E-state index contributed by atoms with van der Waals surface area (Å²) in [4.78, 5) is 21.3. The number of sulfonamides is 1. The molecule has 2 aromatic carbocycles. The number of carbonyl (C=O) groups is 1. The van der Waals surface area contributed by atoms with E-state index in [0.717, 1.165) is 17.5 Å². The van der Waals surface area contributed by atoms with E-state index in [1.807, 2.05) is 0 Å². The van der Waals surface area contributed by atoms with E-state index in [9.17, 15) is 34.8 Å². The number of piperidine rings is 1. The van der Waals surface area contributed by atoms with Crippen LogP contribution in [0.25, 0.3) is 6.08 Å². The van der Waals surface area contributed by atoms with Crippen LogP contribution in [-0.4, -0.2) is 56.5 Å². The molecule has 1 N–H and O–H groups in total. The zero-order chi connectivity index (χ0) is 31.0. The van der Waals surface area contributed by atoms with Crippen molar-refractivity contribution in [1.82, 2.24) is 14.6 Å². The van der Waals surface area contributed by atoms with Crippen LogP contribution < -0.4 is 5.32 Å². The lowest BCUT2D eigenvalue weighted by Crippen LogP contribution is -2.50. The fraction of sp³-hybridized carbons (Fsp3) is 0.276. The molecule has 1 saturated heterocycles. The number of alkyl halides is 3. The van der Waals surface area contributed by atoms with E-state index in [2.05, 4.69) is 15.3 Å². The first-order valence-electron chi connectivity index (χ1n) is 13.2. The fourth-order valence-corrected chi connectivity index (χ4v) is 7.60. The molecule has 0 radical (unpaired) electrons. The van der Waals surface area contributed by atoms with Gasteiger partial charge in [0.15, 0.2) is 9.84 Å². The van der Waals surface area contributed by atoms with Crippen molar-refractivity contribution in [3.63, 3.8) is 0 Å². The number of aryl methyl sites for hydroxylation is 1. The molecule has 14 heteroatoms. The summed E-state index contributed by atoms with van der Waals surface area (Å²) in [6.45, 7) is 1.63. The number of pyridine rings is 1. The molecule has 9 nitrogen and oxygen atoms in total. The number of nitrogens with zero attached hydrogens (tertiary/aromatic N) is 3. The highest BCUT2D eigenvalue weighted by Crippen LogP contribution is 2.34. The van der Waals surface area contributed by atoms with Crippen LogP contribution >= 0.6 is 0 Å². The minimum Gasteiger partial charge on any atom is -0.308 e. The second-order valence-corrected chi connectivity index (χ2v) is 14.2. The molecule has 226 valence electrons. The van der Waals surface area contributed by atoms with Crippen LogP contribution in [0.1, 0.15) is 40.7 Å². The number of hydrogen-bond acceptors (Lipinski definition) is 7. The van der Waals surface area contributed by atoms with Gasteiger partial charge in [0.25, 0.3) is 5.91 Å². The van der Waals surface area contributed by atoms with Crippen molar-refractivity contribution in [2.45, 2.75) is 42.1 Å². The average Bonchev–Trinajstić information content (AvgIpc) is 3.27. The fourth-order valence-electron chi connectivity index (χ4n) is 5.01. The van der Waals surface area contributed by atoms with Crippen LogP contribution in [0.3, 0.4) is 0 Å². The number of aliphatic imine (C=N–C) groups is 1. The van der Waals surface area contributed by atoms with Gasteiger partial charge in [-0.3, -0.25) is 14.8 Å². The standard InChI is InChI=1S/C29H27F3N4O5S2/c1-20-16-25(42(38,39)19-21-4-3-12-33-18-21)8-7-22(20)9-15-43(40,41)36-13-10-28(11-14-36)27(37)34-26(35-28)23-5-2-6-24(17-23)29(30,31)32/h2-9,12,15-18H,10-11,13-14,19H2,1H3,(H,34,35,37)/b15-9+. The number of halogens is 3. The highest BCUT2D eigenvalue weighted by molar-refractivity contribution is 7.92. The van der Waals surface area contributed by atoms with E-state index < -0.39 is 43.0 Å². The molecule has 1 amide bonds. The summed E-state index contributed by atoms with van der Waals surface area (Å²) in [6, 6.07) is 12.3. The van der Waals surface area contributed by atoms with Crippen molar-refractivity contribution in [3.05, 3.63) is 100 Å². The van der Waals surface area contributed by atoms with E-state index in [0.29, 0.717) is 16.7 Å². The zero-order valence-electron chi connectivity index (χ0n) is 22.9. The van der Waals surface area contributed by atoms with E-state index in [-0.39, 0.29) is 48.0 Å². The quantitative estimate of drug-likeness (QED) is 0.418. The Morgan fingerprint density at radius 2 is 1.77 bits per heavy atom. The summed E-state index contributed by atoms with van der Waals surface area (Å²) >= 11 is 0. The van der Waals surface area contributed by atoms with E-state index >= 15 is 0 Å². The smallest absolute Gasteiger partial charge is 0.308 e. The van der Waals surface area contributed by atoms with Gasteiger partial charge >= 0.3 is 6.18 Å². The second kappa shape index (κ2) is 11.3. The van der Waals surface area contributed by atoms with Gasteiger partial charge in [0.2, 0.25) is 10.0 Å². The Labute approximate surface area is 247 Å². The number of nitrogens with one attached hydrogen (secondary N) is 1. The maximum absolute atomic E-state index is 13.1. The molecular weight excluding hydrogens is 605 g/mol. The lowest BCUT2D eigenvalue weighted by atomic mass is 9.89. The zero-order valence-corrected chi connectivity index (χ0v) is 24.5. The summed E-state index contributed by atoms with van der Waals surface area (Å²) in [5.74, 6) is -0.681. The molecule has 0 unspecified atom stereocenters. The van der Waals surface area contributed by atoms with Crippen LogP contribution in [0.2, 0.25) is 0 Å². The molecule has 2 aliphatic rings. The van der Waals surface area contributed by atoms with E-state index in [4.69, 9.17) is 0 Å². The number of rotatable bonds is 7. The summed E-state index contributed by atoms with van der Waals surface area (Å²) in [5, 5.41) is 3.59. The largest absolute Gasteiger partial charge is 0.416 e. The Hall–Kier alpha value is -3.88. The van der Waals surface area contributed by atoms with E-state index in [1.165, 1.54) is 46.9 Å². The third kappa shape index (κ3) is 6.55. The summed E-state index contributed by atoms with van der Waals surface area (Å²) in [5.41, 5.74) is -0.395. The third-order valence-corrected chi connectivity index (χ3v) is 10.7. The van der Waals surface area contributed by atoms with Gasteiger partial charge in [0.05, 0.1) is 16.2 Å². The van der Waals surface area contributed by atoms with Gasteiger partial charge in [-0.05, 0) is 72.9 Å². The third-order valence-electron chi connectivity index (χ3n) is 7.45. The molecule has 3 aromatic rings. The minimum atomic E-state index is -4.55. The molecule has 2 aliphatic heterocycles. The number of amidine groups is 1. The molecule has 43 heavy (non-hydrogen) atoms. The number of hydrogen-bond donors (Lipinski definition) is 1. The Morgan fingerprint density at radius 1 is 1.02 bits per heavy atom. The summed E-state index contributed by atoms with van der Waals surface area (Å²) in [6.07, 6.45) is -0.0259. The maximum Gasteiger partial charge on any atom is 0.416 e. The van der Waals surface area contributed by atoms with Crippen LogP contribution in [0.4, 0.5) is 13.2 Å². The first-order valence-corrected chi connectivity index (χ1v) is 16.3.